The third-order valence-corrected chi connectivity index (χ3v) is 5.82. The zero-order valence-corrected chi connectivity index (χ0v) is 18.0. The molecule has 4 aromatic rings. The van der Waals surface area contributed by atoms with E-state index in [4.69, 9.17) is 4.52 Å². The maximum Gasteiger partial charge on any atom is 0.276 e. The number of aromatic nitrogens is 5. The Morgan fingerprint density at radius 2 is 1.69 bits per heavy atom. The molecule has 4 heterocycles. The van der Waals surface area contributed by atoms with Crippen molar-refractivity contribution in [1.82, 2.24) is 29.6 Å². The van der Waals surface area contributed by atoms with E-state index in [2.05, 4.69) is 25.0 Å². The second-order valence-electron chi connectivity index (χ2n) is 7.74. The van der Waals surface area contributed by atoms with Crippen molar-refractivity contribution in [3.63, 3.8) is 0 Å². The third-order valence-electron chi connectivity index (χ3n) is 5.82. The molecule has 0 saturated carbocycles. The molecular weight excluding hydrogens is 406 g/mol. The molecule has 3 aromatic heterocycles. The predicted molar refractivity (Wildman–Crippen MR) is 119 cm³/mol. The van der Waals surface area contributed by atoms with Crippen LogP contribution in [-0.2, 0) is 0 Å². The van der Waals surface area contributed by atoms with Crippen molar-refractivity contribution in [3.8, 4) is 17.1 Å². The standard InChI is InChI=1S/C23H23N7O2/c1-16-17(2)30(15-26-16)22-13-21(24-14-25-22)28-8-10-29(11-9-28)23(31)19-12-20(32-27-19)18-6-4-3-5-7-18/h3-7,12-15H,8-11H2,1-2H3. The lowest BCUT2D eigenvalue weighted by atomic mass is 10.1. The molecule has 0 bridgehead atoms. The fourth-order valence-electron chi connectivity index (χ4n) is 3.79. The summed E-state index contributed by atoms with van der Waals surface area (Å²) in [4.78, 5) is 30.1. The summed E-state index contributed by atoms with van der Waals surface area (Å²) in [7, 11) is 0. The minimum absolute atomic E-state index is 0.122. The number of carbonyl (C=O) groups is 1. The number of rotatable bonds is 4. The molecule has 1 aliphatic rings. The lowest BCUT2D eigenvalue weighted by Gasteiger charge is -2.35. The van der Waals surface area contributed by atoms with Crippen molar-refractivity contribution in [2.75, 3.05) is 31.1 Å². The van der Waals surface area contributed by atoms with Gasteiger partial charge in [-0.2, -0.15) is 0 Å². The van der Waals surface area contributed by atoms with Gasteiger partial charge in [0.05, 0.1) is 5.69 Å². The van der Waals surface area contributed by atoms with E-state index in [1.807, 2.05) is 54.8 Å². The van der Waals surface area contributed by atoms with Crippen LogP contribution in [0.4, 0.5) is 5.82 Å². The Labute approximate surface area is 185 Å². The van der Waals surface area contributed by atoms with Crippen molar-refractivity contribution in [3.05, 3.63) is 72.2 Å². The summed E-state index contributed by atoms with van der Waals surface area (Å²) < 4.78 is 7.34. The summed E-state index contributed by atoms with van der Waals surface area (Å²) in [6, 6.07) is 13.3. The Bertz CT molecular complexity index is 1240. The number of amides is 1. The summed E-state index contributed by atoms with van der Waals surface area (Å²) in [5, 5.41) is 3.99. The second kappa shape index (κ2) is 8.26. The van der Waals surface area contributed by atoms with E-state index < -0.39 is 0 Å². The Morgan fingerprint density at radius 1 is 0.938 bits per heavy atom. The zero-order chi connectivity index (χ0) is 22.1. The fourth-order valence-corrected chi connectivity index (χ4v) is 3.79. The molecule has 162 valence electrons. The quantitative estimate of drug-likeness (QED) is 0.492. The maximum absolute atomic E-state index is 12.9. The first kappa shape index (κ1) is 19.9. The largest absolute Gasteiger partial charge is 0.355 e. The lowest BCUT2D eigenvalue weighted by Crippen LogP contribution is -2.49. The average Bonchev–Trinajstić information content (AvgIpc) is 3.47. The van der Waals surface area contributed by atoms with Gasteiger partial charge in [-0.1, -0.05) is 35.5 Å². The van der Waals surface area contributed by atoms with E-state index in [1.165, 1.54) is 0 Å². The molecule has 1 aromatic carbocycles. The van der Waals surface area contributed by atoms with E-state index in [0.29, 0.717) is 37.6 Å². The number of hydrogen-bond donors (Lipinski definition) is 0. The van der Waals surface area contributed by atoms with Crippen LogP contribution in [0.2, 0.25) is 0 Å². The molecule has 0 N–H and O–H groups in total. The Hall–Kier alpha value is -4.01. The Balaban J connectivity index is 1.26. The zero-order valence-electron chi connectivity index (χ0n) is 18.0. The van der Waals surface area contributed by atoms with E-state index in [0.717, 1.165) is 28.6 Å². The van der Waals surface area contributed by atoms with Crippen LogP contribution in [0, 0.1) is 13.8 Å². The highest BCUT2D eigenvalue weighted by Gasteiger charge is 2.25. The van der Waals surface area contributed by atoms with Crippen LogP contribution in [0.5, 0.6) is 0 Å². The summed E-state index contributed by atoms with van der Waals surface area (Å²) in [6.45, 7) is 6.49. The number of imidazole rings is 1. The molecule has 32 heavy (non-hydrogen) atoms. The first-order valence-corrected chi connectivity index (χ1v) is 10.5. The number of carbonyl (C=O) groups excluding carboxylic acids is 1. The summed E-state index contributed by atoms with van der Waals surface area (Å²) in [5.41, 5.74) is 3.24. The molecule has 0 radical (unpaired) electrons. The lowest BCUT2D eigenvalue weighted by molar-refractivity contribution is 0.0736. The number of aryl methyl sites for hydroxylation is 1. The molecule has 9 heteroatoms. The maximum atomic E-state index is 12.9. The summed E-state index contributed by atoms with van der Waals surface area (Å²) in [5.74, 6) is 2.08. The SMILES string of the molecule is Cc1ncn(-c2cc(N3CCN(C(=O)c4cc(-c5ccccc5)on4)CC3)ncn2)c1C. The van der Waals surface area contributed by atoms with Crippen molar-refractivity contribution in [2.24, 2.45) is 0 Å². The molecule has 1 saturated heterocycles. The molecule has 0 atom stereocenters. The molecule has 1 aliphatic heterocycles. The van der Waals surface area contributed by atoms with Gasteiger partial charge in [0.2, 0.25) is 0 Å². The van der Waals surface area contributed by atoms with Crippen molar-refractivity contribution in [2.45, 2.75) is 13.8 Å². The van der Waals surface area contributed by atoms with Gasteiger partial charge in [-0.15, -0.1) is 0 Å². The van der Waals surface area contributed by atoms with Crippen LogP contribution in [-0.4, -0.2) is 61.7 Å². The van der Waals surface area contributed by atoms with Crippen LogP contribution in [0.3, 0.4) is 0 Å². The molecule has 5 rings (SSSR count). The normalized spacial score (nSPS) is 14.1. The highest BCUT2D eigenvalue weighted by Crippen LogP contribution is 2.22. The van der Waals surface area contributed by atoms with Gasteiger partial charge < -0.3 is 14.3 Å². The van der Waals surface area contributed by atoms with Gasteiger partial charge in [0.25, 0.3) is 5.91 Å². The smallest absolute Gasteiger partial charge is 0.276 e. The van der Waals surface area contributed by atoms with E-state index >= 15 is 0 Å². The van der Waals surface area contributed by atoms with Gasteiger partial charge in [-0.3, -0.25) is 9.36 Å². The topological polar surface area (TPSA) is 93.2 Å². The van der Waals surface area contributed by atoms with Crippen LogP contribution in [0.15, 0.2) is 59.6 Å². The Kier molecular flexibility index (Phi) is 5.14. The van der Waals surface area contributed by atoms with Crippen LogP contribution in [0.25, 0.3) is 17.1 Å². The van der Waals surface area contributed by atoms with Crippen molar-refractivity contribution >= 4 is 11.7 Å². The van der Waals surface area contributed by atoms with Gasteiger partial charge in [-0.05, 0) is 13.8 Å². The predicted octanol–water partition coefficient (Wildman–Crippen LogP) is 2.90. The molecule has 1 fully saturated rings. The van der Waals surface area contributed by atoms with Crippen molar-refractivity contribution < 1.29 is 9.32 Å². The third kappa shape index (κ3) is 3.73. The second-order valence-corrected chi connectivity index (χ2v) is 7.74. The molecular formula is C23H23N7O2. The molecule has 0 unspecified atom stereocenters. The van der Waals surface area contributed by atoms with E-state index in [1.54, 1.807) is 23.6 Å². The van der Waals surface area contributed by atoms with Crippen LogP contribution < -0.4 is 4.90 Å². The number of piperazine rings is 1. The number of hydrogen-bond acceptors (Lipinski definition) is 7. The van der Waals surface area contributed by atoms with Gasteiger partial charge >= 0.3 is 0 Å². The molecule has 1 amide bonds. The summed E-state index contributed by atoms with van der Waals surface area (Å²) >= 11 is 0. The first-order chi connectivity index (χ1) is 15.6. The monoisotopic (exact) mass is 429 g/mol. The van der Waals surface area contributed by atoms with Crippen LogP contribution in [0.1, 0.15) is 21.9 Å². The minimum atomic E-state index is -0.122. The fraction of sp³-hybridized carbons (Fsp3) is 0.261. The highest BCUT2D eigenvalue weighted by molar-refractivity contribution is 5.93. The van der Waals surface area contributed by atoms with E-state index in [-0.39, 0.29) is 5.91 Å². The molecule has 0 spiro atoms. The van der Waals surface area contributed by atoms with Gasteiger partial charge in [0.1, 0.15) is 24.3 Å². The van der Waals surface area contributed by atoms with E-state index in [9.17, 15) is 4.79 Å². The van der Waals surface area contributed by atoms with Crippen LogP contribution >= 0.6 is 0 Å². The first-order valence-electron chi connectivity index (χ1n) is 10.5. The van der Waals surface area contributed by atoms with Crippen molar-refractivity contribution in [1.29, 1.82) is 0 Å². The van der Waals surface area contributed by atoms with Gasteiger partial charge in [0, 0.05) is 49.6 Å². The minimum Gasteiger partial charge on any atom is -0.355 e. The Morgan fingerprint density at radius 3 is 2.41 bits per heavy atom. The molecule has 9 nitrogen and oxygen atoms in total. The number of nitrogens with zero attached hydrogens (tertiary/aromatic N) is 7. The van der Waals surface area contributed by atoms with Gasteiger partial charge in [-0.25, -0.2) is 15.0 Å². The van der Waals surface area contributed by atoms with Gasteiger partial charge in [0.15, 0.2) is 11.5 Å². The number of anilines is 1. The average molecular weight is 429 g/mol. The highest BCUT2D eigenvalue weighted by atomic mass is 16.5. The molecule has 0 aliphatic carbocycles. The summed E-state index contributed by atoms with van der Waals surface area (Å²) in [6.07, 6.45) is 3.34. The number of benzene rings is 1.